The van der Waals surface area contributed by atoms with Crippen LogP contribution < -0.4 is 5.32 Å². The molecule has 4 rings (SSSR count). The molecule has 0 radical (unpaired) electrons. The second kappa shape index (κ2) is 7.52. The van der Waals surface area contributed by atoms with Crippen molar-refractivity contribution in [2.75, 3.05) is 25.1 Å². The molecule has 1 fully saturated rings. The Bertz CT molecular complexity index is 861. The molecule has 1 atom stereocenters. The van der Waals surface area contributed by atoms with Crippen LogP contribution in [0.15, 0.2) is 24.3 Å². The molecular formula is C20H24N4O3. The molecule has 1 aliphatic heterocycles. The number of amides is 2. The zero-order valence-corrected chi connectivity index (χ0v) is 15.5. The number of hydrogen-bond acceptors (Lipinski definition) is 4. The van der Waals surface area contributed by atoms with Crippen LogP contribution >= 0.6 is 0 Å². The number of benzene rings is 1. The lowest BCUT2D eigenvalue weighted by atomic mass is 9.96. The minimum atomic E-state index is -0.237. The Hall–Kier alpha value is -2.67. The van der Waals surface area contributed by atoms with Crippen LogP contribution in [0.2, 0.25) is 0 Å². The summed E-state index contributed by atoms with van der Waals surface area (Å²) in [4.78, 5) is 27.3. The maximum atomic E-state index is 12.8. The van der Waals surface area contributed by atoms with Crippen LogP contribution in [0.25, 0.3) is 0 Å². The molecule has 1 aromatic carbocycles. The van der Waals surface area contributed by atoms with E-state index in [0.717, 1.165) is 36.9 Å². The molecule has 1 aromatic heterocycles. The van der Waals surface area contributed by atoms with E-state index in [0.29, 0.717) is 36.7 Å². The van der Waals surface area contributed by atoms with E-state index in [-0.39, 0.29) is 17.9 Å². The molecule has 0 saturated carbocycles. The van der Waals surface area contributed by atoms with Crippen molar-refractivity contribution in [1.29, 1.82) is 0 Å². The van der Waals surface area contributed by atoms with Gasteiger partial charge < -0.3 is 15.0 Å². The number of ether oxygens (including phenoxy) is 1. The van der Waals surface area contributed by atoms with Gasteiger partial charge in [0.25, 0.3) is 11.8 Å². The Morgan fingerprint density at radius 3 is 3.00 bits per heavy atom. The Labute approximate surface area is 158 Å². The van der Waals surface area contributed by atoms with Crippen molar-refractivity contribution in [1.82, 2.24) is 15.1 Å². The molecule has 142 valence electrons. The summed E-state index contributed by atoms with van der Waals surface area (Å²) in [5.74, 6) is -0.280. The van der Waals surface area contributed by atoms with Gasteiger partial charge >= 0.3 is 0 Å². The largest absolute Gasteiger partial charge is 0.377 e. The molecule has 0 spiro atoms. The van der Waals surface area contributed by atoms with E-state index >= 15 is 0 Å². The Kier molecular flexibility index (Phi) is 4.94. The Morgan fingerprint density at radius 2 is 2.15 bits per heavy atom. The van der Waals surface area contributed by atoms with Crippen molar-refractivity contribution in [3.8, 4) is 0 Å². The summed E-state index contributed by atoms with van der Waals surface area (Å²) in [6.45, 7) is 3.66. The molecule has 2 aromatic rings. The van der Waals surface area contributed by atoms with Crippen LogP contribution in [0.3, 0.4) is 0 Å². The lowest BCUT2D eigenvalue weighted by Crippen LogP contribution is -2.47. The summed E-state index contributed by atoms with van der Waals surface area (Å²) in [5, 5.41) is 10.1. The van der Waals surface area contributed by atoms with Gasteiger partial charge in [-0.25, -0.2) is 0 Å². The molecule has 2 amide bonds. The molecule has 0 bridgehead atoms. The van der Waals surface area contributed by atoms with Crippen LogP contribution in [0.4, 0.5) is 5.69 Å². The number of H-pyrrole nitrogens is 1. The SMILES string of the molecule is CC1COCCN1C(=O)c1cccc(NC(=O)c2n[nH]c3c2CCCC3)c1. The third-order valence-corrected chi connectivity index (χ3v) is 5.27. The second-order valence-electron chi connectivity index (χ2n) is 7.19. The minimum Gasteiger partial charge on any atom is -0.377 e. The molecule has 2 N–H and O–H groups in total. The third-order valence-electron chi connectivity index (χ3n) is 5.27. The first-order valence-electron chi connectivity index (χ1n) is 9.49. The molecule has 2 heterocycles. The topological polar surface area (TPSA) is 87.3 Å². The van der Waals surface area contributed by atoms with Crippen molar-refractivity contribution >= 4 is 17.5 Å². The van der Waals surface area contributed by atoms with Crippen LogP contribution in [0.5, 0.6) is 0 Å². The van der Waals surface area contributed by atoms with Crippen molar-refractivity contribution in [3.63, 3.8) is 0 Å². The number of carbonyl (C=O) groups excluding carboxylic acids is 2. The van der Waals surface area contributed by atoms with Crippen molar-refractivity contribution < 1.29 is 14.3 Å². The van der Waals surface area contributed by atoms with Gasteiger partial charge in [-0.15, -0.1) is 0 Å². The van der Waals surface area contributed by atoms with Gasteiger partial charge in [0.2, 0.25) is 0 Å². The highest BCUT2D eigenvalue weighted by Gasteiger charge is 2.25. The van der Waals surface area contributed by atoms with Crippen LogP contribution in [0.1, 0.15) is 51.9 Å². The first-order chi connectivity index (χ1) is 13.1. The standard InChI is InChI=1S/C20H24N4O3/c1-13-12-27-10-9-24(13)20(26)14-5-4-6-15(11-14)21-19(25)18-16-7-2-3-8-17(16)22-23-18/h4-6,11,13H,2-3,7-10,12H2,1H3,(H,21,25)(H,22,23). The first-order valence-corrected chi connectivity index (χ1v) is 9.49. The predicted octanol–water partition coefficient (Wildman–Crippen LogP) is 2.40. The summed E-state index contributed by atoms with van der Waals surface area (Å²) >= 11 is 0. The molecule has 2 aliphatic rings. The number of rotatable bonds is 3. The maximum absolute atomic E-state index is 12.8. The average Bonchev–Trinajstić information content (AvgIpc) is 3.12. The predicted molar refractivity (Wildman–Crippen MR) is 101 cm³/mol. The molecule has 1 unspecified atom stereocenters. The first kappa shape index (κ1) is 17.7. The van der Waals surface area contributed by atoms with Crippen molar-refractivity contribution in [2.24, 2.45) is 0 Å². The summed E-state index contributed by atoms with van der Waals surface area (Å²) < 4.78 is 5.40. The Morgan fingerprint density at radius 1 is 1.30 bits per heavy atom. The minimum absolute atomic E-state index is 0.0417. The van der Waals surface area contributed by atoms with E-state index in [1.54, 1.807) is 24.3 Å². The zero-order chi connectivity index (χ0) is 18.8. The number of nitrogens with one attached hydrogen (secondary N) is 2. The monoisotopic (exact) mass is 368 g/mol. The van der Waals surface area contributed by atoms with Crippen LogP contribution in [0, 0.1) is 0 Å². The highest BCUT2D eigenvalue weighted by Crippen LogP contribution is 2.23. The summed E-state index contributed by atoms with van der Waals surface area (Å²) in [5.41, 5.74) is 3.71. The number of anilines is 1. The molecule has 7 nitrogen and oxygen atoms in total. The van der Waals surface area contributed by atoms with E-state index in [9.17, 15) is 9.59 Å². The van der Waals surface area contributed by atoms with Gasteiger partial charge in [-0.1, -0.05) is 6.07 Å². The van der Waals surface area contributed by atoms with E-state index in [4.69, 9.17) is 4.74 Å². The van der Waals surface area contributed by atoms with Gasteiger partial charge in [0.15, 0.2) is 5.69 Å². The zero-order valence-electron chi connectivity index (χ0n) is 15.5. The van der Waals surface area contributed by atoms with Crippen LogP contribution in [-0.2, 0) is 17.6 Å². The third kappa shape index (κ3) is 3.60. The lowest BCUT2D eigenvalue weighted by Gasteiger charge is -2.33. The summed E-state index contributed by atoms with van der Waals surface area (Å²) in [6.07, 6.45) is 4.02. The van der Waals surface area contributed by atoms with Gasteiger partial charge in [0.05, 0.1) is 19.3 Å². The number of hydrogen-bond donors (Lipinski definition) is 2. The van der Waals surface area contributed by atoms with Gasteiger partial charge in [-0.3, -0.25) is 14.7 Å². The van der Waals surface area contributed by atoms with Gasteiger partial charge in [0, 0.05) is 29.1 Å². The van der Waals surface area contributed by atoms with Gasteiger partial charge in [-0.05, 0) is 50.8 Å². The van der Waals surface area contributed by atoms with Crippen LogP contribution in [-0.4, -0.2) is 52.7 Å². The summed E-state index contributed by atoms with van der Waals surface area (Å²) in [7, 11) is 0. The normalized spacial score (nSPS) is 19.4. The fraction of sp³-hybridized carbons (Fsp3) is 0.450. The number of morpholine rings is 1. The highest BCUT2D eigenvalue weighted by atomic mass is 16.5. The smallest absolute Gasteiger partial charge is 0.276 e. The Balaban J connectivity index is 1.50. The second-order valence-corrected chi connectivity index (χ2v) is 7.19. The fourth-order valence-electron chi connectivity index (χ4n) is 3.78. The molecule has 1 aliphatic carbocycles. The molecular weight excluding hydrogens is 344 g/mol. The molecule has 27 heavy (non-hydrogen) atoms. The fourth-order valence-corrected chi connectivity index (χ4v) is 3.78. The van der Waals surface area contributed by atoms with E-state index in [2.05, 4.69) is 15.5 Å². The van der Waals surface area contributed by atoms with E-state index in [1.807, 2.05) is 11.8 Å². The van der Waals surface area contributed by atoms with E-state index < -0.39 is 0 Å². The lowest BCUT2D eigenvalue weighted by molar-refractivity contribution is 0.00359. The van der Waals surface area contributed by atoms with E-state index in [1.165, 1.54) is 0 Å². The maximum Gasteiger partial charge on any atom is 0.276 e. The van der Waals surface area contributed by atoms with Crippen molar-refractivity contribution in [2.45, 2.75) is 38.6 Å². The molecule has 7 heteroatoms. The number of aromatic amines is 1. The number of aromatic nitrogens is 2. The number of carbonyl (C=O) groups is 2. The quantitative estimate of drug-likeness (QED) is 0.871. The number of nitrogens with zero attached hydrogens (tertiary/aromatic N) is 2. The summed E-state index contributed by atoms with van der Waals surface area (Å²) in [6, 6.07) is 7.11. The number of fused-ring (bicyclic) bond motifs is 1. The highest BCUT2D eigenvalue weighted by molar-refractivity contribution is 6.05. The average molecular weight is 368 g/mol. The van der Waals surface area contributed by atoms with Crippen molar-refractivity contribution in [3.05, 3.63) is 46.8 Å². The molecule has 1 saturated heterocycles. The number of aryl methyl sites for hydroxylation is 1. The van der Waals surface area contributed by atoms with Gasteiger partial charge in [0.1, 0.15) is 0 Å². The van der Waals surface area contributed by atoms with Gasteiger partial charge in [-0.2, -0.15) is 5.10 Å².